The number of ketones is 1. The highest BCUT2D eigenvalue weighted by atomic mass is 35.5. The molecule has 6 atom stereocenters. The smallest absolute Gasteiger partial charge is 0.268 e. The molecule has 4 fully saturated rings. The molecule has 12 heteroatoms. The first-order valence-corrected chi connectivity index (χ1v) is 17.5. The molecule has 4 amide bonds. The molecule has 1 aromatic carbocycles. The second kappa shape index (κ2) is 13.5. The van der Waals surface area contributed by atoms with E-state index in [4.69, 9.17) is 16.3 Å². The molecule has 2 aliphatic carbocycles. The van der Waals surface area contributed by atoms with Gasteiger partial charge in [0.05, 0.1) is 19.0 Å². The monoisotopic (exact) mass is 667 g/mol. The number of Topliss-reactive ketones (excluding diaryl/α,β-unsaturated/α-hetero) is 1. The minimum Gasteiger partial charge on any atom is -0.496 e. The van der Waals surface area contributed by atoms with Gasteiger partial charge in [-0.3, -0.25) is 24.0 Å². The third kappa shape index (κ3) is 6.47. The van der Waals surface area contributed by atoms with Crippen molar-refractivity contribution in [2.75, 3.05) is 26.1 Å². The van der Waals surface area contributed by atoms with Gasteiger partial charge in [0.1, 0.15) is 23.5 Å². The molecule has 4 aliphatic rings. The summed E-state index contributed by atoms with van der Waals surface area (Å²) in [5, 5.41) is 9.59. The summed E-state index contributed by atoms with van der Waals surface area (Å²) in [6, 6.07) is 4.73. The highest BCUT2D eigenvalue weighted by molar-refractivity contribution is 6.28. The zero-order valence-corrected chi connectivity index (χ0v) is 28.2. The average Bonchev–Trinajstić information content (AvgIpc) is 3.45. The number of amides is 4. The molecule has 3 heterocycles. The lowest BCUT2D eigenvalue weighted by Crippen LogP contribution is -2.59. The van der Waals surface area contributed by atoms with Crippen LogP contribution >= 0.6 is 11.6 Å². The zero-order valence-electron chi connectivity index (χ0n) is 27.4. The van der Waals surface area contributed by atoms with Crippen molar-refractivity contribution in [1.82, 2.24) is 25.8 Å². The number of carbonyl (C=O) groups excluding carboxylic acids is 5. The van der Waals surface area contributed by atoms with Gasteiger partial charge in [-0.25, -0.2) is 0 Å². The van der Waals surface area contributed by atoms with Crippen molar-refractivity contribution in [3.63, 3.8) is 0 Å². The number of benzene rings is 1. The first-order valence-electron chi connectivity index (χ1n) is 17.0. The molecule has 2 saturated heterocycles. The third-order valence-electron chi connectivity index (χ3n) is 11.3. The third-order valence-corrected chi connectivity index (χ3v) is 11.5. The topological polar surface area (TPSA) is 150 Å². The first kappa shape index (κ1) is 33.3. The number of piperidine rings is 2. The second-order valence-electron chi connectivity index (χ2n) is 14.4. The van der Waals surface area contributed by atoms with Gasteiger partial charge in [0.2, 0.25) is 17.7 Å². The van der Waals surface area contributed by atoms with Crippen molar-refractivity contribution in [1.29, 1.82) is 0 Å². The Kier molecular flexibility index (Phi) is 9.56. The van der Waals surface area contributed by atoms with Crippen molar-refractivity contribution in [3.05, 3.63) is 30.0 Å². The van der Waals surface area contributed by atoms with Gasteiger partial charge in [-0.1, -0.05) is 39.2 Å². The minimum absolute atomic E-state index is 0.0665. The summed E-state index contributed by atoms with van der Waals surface area (Å²) in [6.07, 6.45) is 6.21. The fourth-order valence-electron chi connectivity index (χ4n) is 8.45. The van der Waals surface area contributed by atoms with E-state index in [1.165, 1.54) is 0 Å². The number of halogens is 1. The number of ether oxygens (including phenoxy) is 1. The number of aromatic nitrogens is 1. The summed E-state index contributed by atoms with van der Waals surface area (Å²) in [6.45, 7) is 5.20. The fourth-order valence-corrected chi connectivity index (χ4v) is 8.64. The van der Waals surface area contributed by atoms with Crippen LogP contribution in [0.5, 0.6) is 5.75 Å². The number of likely N-dealkylation sites (tertiary alicyclic amines) is 1. The van der Waals surface area contributed by atoms with Crippen LogP contribution < -0.4 is 20.7 Å². The number of alkyl halides is 1. The molecular weight excluding hydrogens is 622 g/mol. The van der Waals surface area contributed by atoms with E-state index in [0.717, 1.165) is 49.4 Å². The van der Waals surface area contributed by atoms with Crippen LogP contribution in [-0.4, -0.2) is 83.5 Å². The van der Waals surface area contributed by atoms with E-state index in [1.54, 1.807) is 18.1 Å². The number of H-pyrrole nitrogens is 1. The Morgan fingerprint density at radius 1 is 1.09 bits per heavy atom. The predicted molar refractivity (Wildman–Crippen MR) is 177 cm³/mol. The largest absolute Gasteiger partial charge is 0.496 e. The second-order valence-corrected chi connectivity index (χ2v) is 14.6. The highest BCUT2D eigenvalue weighted by Crippen LogP contribution is 2.65. The molecule has 4 N–H and O–H groups in total. The molecule has 0 unspecified atom stereocenters. The van der Waals surface area contributed by atoms with Gasteiger partial charge < -0.3 is 30.6 Å². The van der Waals surface area contributed by atoms with Gasteiger partial charge in [0, 0.05) is 29.9 Å². The average molecular weight is 668 g/mol. The standard InChI is InChI=1S/C35H46ClN5O6/c1-35(2)22-18-41(30(28(22)35)33(45)39-24(26(42)17-36)15-20-11-8-14-37-31(20)43)34(46)29(19-9-5-4-6-10-19)40-32(44)25-16-21-23(38-25)12-7-13-27(21)47-3/h7,12-13,16,19-20,22,24,28-30,38H,4-6,8-11,14-15,17-18H2,1-3H3,(H,37,43)(H,39,45)(H,40,44)/t20-,22-,24-,28-,29-,30-/m0/s1. The maximum atomic E-state index is 14.6. The zero-order chi connectivity index (χ0) is 33.5. The van der Waals surface area contributed by atoms with Crippen LogP contribution in [0.2, 0.25) is 0 Å². The molecule has 11 nitrogen and oxygen atoms in total. The highest BCUT2D eigenvalue weighted by Gasteiger charge is 2.69. The van der Waals surface area contributed by atoms with Gasteiger partial charge in [-0.05, 0) is 73.5 Å². The molecule has 2 aliphatic heterocycles. The van der Waals surface area contributed by atoms with E-state index >= 15 is 0 Å². The Bertz CT molecular complexity index is 1550. The lowest BCUT2D eigenvalue weighted by atomic mass is 9.83. The van der Waals surface area contributed by atoms with Crippen LogP contribution in [0.3, 0.4) is 0 Å². The number of carbonyl (C=O) groups is 5. The summed E-state index contributed by atoms with van der Waals surface area (Å²) >= 11 is 5.96. The van der Waals surface area contributed by atoms with Gasteiger partial charge in [-0.15, -0.1) is 11.6 Å². The maximum Gasteiger partial charge on any atom is 0.268 e. The lowest BCUT2D eigenvalue weighted by Gasteiger charge is -2.37. The van der Waals surface area contributed by atoms with Crippen LogP contribution in [-0.2, 0) is 19.2 Å². The number of fused-ring (bicyclic) bond motifs is 2. The number of hydrogen-bond donors (Lipinski definition) is 4. The van der Waals surface area contributed by atoms with Gasteiger partial charge in [0.15, 0.2) is 5.78 Å². The predicted octanol–water partition coefficient (Wildman–Crippen LogP) is 3.55. The van der Waals surface area contributed by atoms with Gasteiger partial charge in [-0.2, -0.15) is 0 Å². The van der Waals surface area contributed by atoms with Crippen LogP contribution in [0, 0.1) is 29.1 Å². The number of hydrogen-bond acceptors (Lipinski definition) is 6. The Morgan fingerprint density at radius 3 is 2.55 bits per heavy atom. The van der Waals surface area contributed by atoms with Crippen LogP contribution in [0.4, 0.5) is 0 Å². The normalized spacial score (nSPS) is 26.6. The molecular formula is C35H46ClN5O6. The summed E-state index contributed by atoms with van der Waals surface area (Å²) < 4.78 is 5.47. The van der Waals surface area contributed by atoms with Crippen LogP contribution in [0.15, 0.2) is 24.3 Å². The maximum absolute atomic E-state index is 14.6. The first-order chi connectivity index (χ1) is 22.5. The molecule has 2 aromatic rings. The van der Waals surface area contributed by atoms with Crippen LogP contribution in [0.25, 0.3) is 10.9 Å². The molecule has 0 radical (unpaired) electrons. The SMILES string of the molecule is COc1cccc2[nH]c(C(=O)N[C@H](C(=O)N3C[C@H]4[C@@H]([C@H]3C(=O)N[C@@H](C[C@@H]3CCCNC3=O)C(=O)CCl)C4(C)C)C3CCCCC3)cc12. The van der Waals surface area contributed by atoms with Gasteiger partial charge in [0.25, 0.3) is 5.91 Å². The number of aromatic amines is 1. The Labute approximate surface area is 280 Å². The van der Waals surface area contributed by atoms with Crippen LogP contribution in [0.1, 0.15) is 75.7 Å². The molecule has 47 heavy (non-hydrogen) atoms. The Balaban J connectivity index is 1.24. The fraction of sp³-hybridized carbons (Fsp3) is 0.629. The van der Waals surface area contributed by atoms with E-state index in [-0.39, 0.29) is 53.1 Å². The number of nitrogens with one attached hydrogen (secondary N) is 4. The summed E-state index contributed by atoms with van der Waals surface area (Å²) in [5.74, 6) is -1.64. The van der Waals surface area contributed by atoms with E-state index in [2.05, 4.69) is 34.8 Å². The van der Waals surface area contributed by atoms with Crippen molar-refractivity contribution in [3.8, 4) is 5.75 Å². The minimum atomic E-state index is -0.931. The molecule has 0 spiro atoms. The van der Waals surface area contributed by atoms with Gasteiger partial charge >= 0.3 is 0 Å². The Hall–Kier alpha value is -3.60. The molecule has 1 aromatic heterocycles. The summed E-state index contributed by atoms with van der Waals surface area (Å²) in [5.41, 5.74) is 0.925. The summed E-state index contributed by atoms with van der Waals surface area (Å²) in [4.78, 5) is 72.7. The van der Waals surface area contributed by atoms with E-state index in [0.29, 0.717) is 31.0 Å². The molecule has 0 bridgehead atoms. The van der Waals surface area contributed by atoms with Crippen molar-refractivity contribution < 1.29 is 28.7 Å². The van der Waals surface area contributed by atoms with Crippen molar-refractivity contribution >= 4 is 51.9 Å². The number of nitrogens with zero attached hydrogens (tertiary/aromatic N) is 1. The molecule has 254 valence electrons. The number of rotatable bonds is 11. The van der Waals surface area contributed by atoms with E-state index in [9.17, 15) is 24.0 Å². The molecule has 6 rings (SSSR count). The molecule has 2 saturated carbocycles. The van der Waals surface area contributed by atoms with Crippen molar-refractivity contribution in [2.24, 2.45) is 29.1 Å². The summed E-state index contributed by atoms with van der Waals surface area (Å²) in [7, 11) is 1.58. The lowest BCUT2D eigenvalue weighted by molar-refractivity contribution is -0.143. The Morgan fingerprint density at radius 2 is 1.85 bits per heavy atom. The quantitative estimate of drug-likeness (QED) is 0.269. The van der Waals surface area contributed by atoms with E-state index < -0.39 is 35.9 Å². The van der Waals surface area contributed by atoms with Crippen molar-refractivity contribution in [2.45, 2.75) is 83.3 Å². The number of methoxy groups -OCH3 is 1. The van der Waals surface area contributed by atoms with E-state index in [1.807, 2.05) is 18.2 Å².